The molecule has 2 aromatic carbocycles. The zero-order valence-corrected chi connectivity index (χ0v) is 19.0. The largest absolute Gasteiger partial charge is 0.496 e. The van der Waals surface area contributed by atoms with Gasteiger partial charge in [0.1, 0.15) is 23.4 Å². The quantitative estimate of drug-likeness (QED) is 0.345. The van der Waals surface area contributed by atoms with Gasteiger partial charge in [-0.1, -0.05) is 6.07 Å². The number of rotatable bonds is 8. The number of alkyl halides is 2. The Labute approximate surface area is 194 Å². The summed E-state index contributed by atoms with van der Waals surface area (Å²) in [6, 6.07) is 9.44. The average Bonchev–Trinajstić information content (AvgIpc) is 3.26. The van der Waals surface area contributed by atoms with E-state index in [1.165, 1.54) is 14.2 Å². The summed E-state index contributed by atoms with van der Waals surface area (Å²) < 4.78 is 40.5. The van der Waals surface area contributed by atoms with Crippen LogP contribution in [0, 0.1) is 11.8 Å². The van der Waals surface area contributed by atoms with E-state index in [0.717, 1.165) is 22.2 Å². The van der Waals surface area contributed by atoms with E-state index < -0.39 is 12.3 Å². The van der Waals surface area contributed by atoms with Crippen LogP contribution in [0.25, 0.3) is 27.8 Å². The van der Waals surface area contributed by atoms with Gasteiger partial charge in [0.05, 0.1) is 37.1 Å². The second-order valence-electron chi connectivity index (χ2n) is 8.57. The number of ether oxygens (including phenoxy) is 2. The number of imidazole rings is 1. The number of fused-ring (bicyclic) bond motifs is 1. The van der Waals surface area contributed by atoms with Gasteiger partial charge in [-0.25, -0.2) is 13.8 Å². The van der Waals surface area contributed by atoms with Crippen molar-refractivity contribution >= 4 is 16.8 Å². The van der Waals surface area contributed by atoms with E-state index in [4.69, 9.17) is 9.47 Å². The number of carbonyl (C=O) groups excluding carboxylic acids is 1. The zero-order valence-electron chi connectivity index (χ0n) is 19.0. The number of nitrogens with zero attached hydrogens (tertiary/aromatic N) is 4. The van der Waals surface area contributed by atoms with Crippen molar-refractivity contribution in [2.75, 3.05) is 14.2 Å². The molecule has 0 unspecified atom stereocenters. The van der Waals surface area contributed by atoms with Crippen molar-refractivity contribution in [3.8, 4) is 28.3 Å². The van der Waals surface area contributed by atoms with Crippen molar-refractivity contribution in [2.45, 2.75) is 19.3 Å². The maximum Gasteiger partial charge on any atom is 0.241 e. The van der Waals surface area contributed by atoms with Gasteiger partial charge in [0.2, 0.25) is 6.43 Å². The third-order valence-corrected chi connectivity index (χ3v) is 6.38. The lowest BCUT2D eigenvalue weighted by atomic mass is 10.0. The molecule has 34 heavy (non-hydrogen) atoms. The zero-order chi connectivity index (χ0) is 24.0. The molecule has 2 heterocycles. The van der Waals surface area contributed by atoms with Gasteiger partial charge in [-0.2, -0.15) is 5.10 Å². The molecule has 1 aliphatic rings. The third kappa shape index (κ3) is 3.91. The second-order valence-corrected chi connectivity index (χ2v) is 8.57. The first-order chi connectivity index (χ1) is 16.4. The van der Waals surface area contributed by atoms with Gasteiger partial charge >= 0.3 is 0 Å². The van der Waals surface area contributed by atoms with Crippen LogP contribution in [0.3, 0.4) is 0 Å². The molecule has 2 atom stereocenters. The van der Waals surface area contributed by atoms with Crippen molar-refractivity contribution in [3.63, 3.8) is 0 Å². The van der Waals surface area contributed by atoms with E-state index in [0.29, 0.717) is 23.6 Å². The van der Waals surface area contributed by atoms with Gasteiger partial charge < -0.3 is 9.47 Å². The highest BCUT2D eigenvalue weighted by Crippen LogP contribution is 2.47. The first kappa shape index (κ1) is 22.1. The Morgan fingerprint density at radius 1 is 1.15 bits per heavy atom. The minimum Gasteiger partial charge on any atom is -0.496 e. The summed E-state index contributed by atoms with van der Waals surface area (Å²) in [7, 11) is 4.81. The van der Waals surface area contributed by atoms with Crippen LogP contribution in [0.5, 0.6) is 11.5 Å². The Morgan fingerprint density at radius 2 is 1.88 bits per heavy atom. The molecule has 7 nitrogen and oxygen atoms in total. The van der Waals surface area contributed by atoms with Gasteiger partial charge in [0, 0.05) is 43.3 Å². The number of carbonyl (C=O) groups is 1. The maximum absolute atomic E-state index is 13.0. The predicted molar refractivity (Wildman–Crippen MR) is 123 cm³/mol. The van der Waals surface area contributed by atoms with E-state index in [1.807, 2.05) is 36.0 Å². The molecule has 0 amide bonds. The molecular weight excluding hydrogens is 442 g/mol. The Bertz CT molecular complexity index is 1350. The number of hydrogen-bond donors (Lipinski definition) is 0. The van der Waals surface area contributed by atoms with Crippen LogP contribution in [-0.2, 0) is 7.05 Å². The van der Waals surface area contributed by atoms with E-state index in [2.05, 4.69) is 10.1 Å². The monoisotopic (exact) mass is 466 g/mol. The number of Topliss-reactive ketones (excluding diaryl/α,β-unsaturated/α-hetero) is 1. The molecule has 1 fully saturated rings. The lowest BCUT2D eigenvalue weighted by Crippen LogP contribution is -2.09. The van der Waals surface area contributed by atoms with Gasteiger partial charge in [-0.3, -0.25) is 14.0 Å². The fourth-order valence-electron chi connectivity index (χ4n) is 4.43. The SMILES string of the molecule is COc1cc(-n2cnc3cc(-c4cnn(C)c4)ccc32)cc(OC)c1C(=O)C[C@@H]1C[C@H]1C(F)F. The first-order valence-corrected chi connectivity index (χ1v) is 10.9. The van der Waals surface area contributed by atoms with Crippen LogP contribution in [-0.4, -0.2) is 45.8 Å². The van der Waals surface area contributed by atoms with Gasteiger partial charge in [0.15, 0.2) is 5.78 Å². The minimum atomic E-state index is -2.39. The Balaban J connectivity index is 1.50. The van der Waals surface area contributed by atoms with E-state index in [-0.39, 0.29) is 23.7 Å². The molecule has 0 saturated heterocycles. The third-order valence-electron chi connectivity index (χ3n) is 6.38. The van der Waals surface area contributed by atoms with Crippen LogP contribution in [0.2, 0.25) is 0 Å². The average molecular weight is 466 g/mol. The fraction of sp³-hybridized carbons (Fsp3) is 0.320. The molecule has 2 aromatic heterocycles. The number of aryl methyl sites for hydroxylation is 1. The first-order valence-electron chi connectivity index (χ1n) is 10.9. The normalized spacial score (nSPS) is 17.4. The van der Waals surface area contributed by atoms with Crippen molar-refractivity contribution < 1.29 is 23.0 Å². The standard InChI is InChI=1S/C25H24F2N4O3/c1-30-12-16(11-29-30)14-4-5-20-19(7-14)28-13-31(20)17-9-22(33-2)24(23(10-17)34-3)21(32)8-15-6-18(15)25(26)27/h4-5,7,9-13,15,18,25H,6,8H2,1-3H3/t15-,18+/m0/s1. The van der Waals surface area contributed by atoms with Crippen LogP contribution < -0.4 is 9.47 Å². The molecule has 0 aliphatic heterocycles. The summed E-state index contributed by atoms with van der Waals surface area (Å²) >= 11 is 0. The van der Waals surface area contributed by atoms with Crippen molar-refractivity contribution in [1.29, 1.82) is 0 Å². The van der Waals surface area contributed by atoms with Gasteiger partial charge in [-0.05, 0) is 30.0 Å². The summed E-state index contributed by atoms with van der Waals surface area (Å²) in [6.45, 7) is 0. The van der Waals surface area contributed by atoms with Crippen LogP contribution >= 0.6 is 0 Å². The molecule has 176 valence electrons. The molecule has 1 saturated carbocycles. The highest BCUT2D eigenvalue weighted by Gasteiger charge is 2.45. The van der Waals surface area contributed by atoms with Gasteiger partial charge in [0.25, 0.3) is 0 Å². The Kier molecular flexibility index (Phi) is 5.55. The van der Waals surface area contributed by atoms with Crippen molar-refractivity contribution in [1.82, 2.24) is 19.3 Å². The maximum atomic E-state index is 13.0. The van der Waals surface area contributed by atoms with Crippen LogP contribution in [0.15, 0.2) is 49.1 Å². The van der Waals surface area contributed by atoms with Crippen molar-refractivity contribution in [2.24, 2.45) is 18.9 Å². The molecule has 4 aromatic rings. The summed E-state index contributed by atoms with van der Waals surface area (Å²) in [5.41, 5.74) is 4.65. The number of hydrogen-bond acceptors (Lipinski definition) is 5. The predicted octanol–water partition coefficient (Wildman–Crippen LogP) is 4.92. The lowest BCUT2D eigenvalue weighted by molar-refractivity contribution is 0.0940. The highest BCUT2D eigenvalue weighted by atomic mass is 19.3. The summed E-state index contributed by atoms with van der Waals surface area (Å²) in [5, 5.41) is 4.22. The summed E-state index contributed by atoms with van der Waals surface area (Å²) in [6.07, 6.45) is 3.46. The number of aromatic nitrogens is 4. The minimum absolute atomic E-state index is 0.0478. The molecular formula is C25H24F2N4O3. The number of ketones is 1. The molecule has 1 aliphatic carbocycles. The number of halogens is 2. The summed E-state index contributed by atoms with van der Waals surface area (Å²) in [4.78, 5) is 17.5. The number of methoxy groups -OCH3 is 2. The molecule has 0 spiro atoms. The topological polar surface area (TPSA) is 71.2 Å². The number of benzene rings is 2. The molecule has 9 heteroatoms. The van der Waals surface area contributed by atoms with E-state index in [1.54, 1.807) is 29.3 Å². The van der Waals surface area contributed by atoms with Gasteiger partial charge in [-0.15, -0.1) is 0 Å². The highest BCUT2D eigenvalue weighted by molar-refractivity contribution is 6.02. The van der Waals surface area contributed by atoms with E-state index in [9.17, 15) is 13.6 Å². The van der Waals surface area contributed by atoms with Crippen LogP contribution in [0.1, 0.15) is 23.2 Å². The molecule has 0 radical (unpaired) electrons. The van der Waals surface area contributed by atoms with Crippen LogP contribution in [0.4, 0.5) is 8.78 Å². The smallest absolute Gasteiger partial charge is 0.241 e. The van der Waals surface area contributed by atoms with E-state index >= 15 is 0 Å². The van der Waals surface area contributed by atoms with Crippen molar-refractivity contribution in [3.05, 3.63) is 54.6 Å². The Hall–Kier alpha value is -3.75. The summed E-state index contributed by atoms with van der Waals surface area (Å²) in [5.74, 6) is -0.586. The molecule has 0 bridgehead atoms. The fourth-order valence-corrected chi connectivity index (χ4v) is 4.43. The lowest BCUT2D eigenvalue weighted by Gasteiger charge is -2.15. The molecule has 0 N–H and O–H groups in total. The second kappa shape index (κ2) is 8.55. The molecule has 5 rings (SSSR count). The Morgan fingerprint density at radius 3 is 2.47 bits per heavy atom.